The normalized spacial score (nSPS) is 15.8. The number of rotatable bonds is 8. The molecule has 0 saturated heterocycles. The van der Waals surface area contributed by atoms with Gasteiger partial charge in [0.05, 0.1) is 21.1 Å². The predicted molar refractivity (Wildman–Crippen MR) is 64.5 cm³/mol. The zero-order valence-corrected chi connectivity index (χ0v) is 10.6. The number of hydrogen-bond donors (Lipinski definition) is 3. The lowest BCUT2D eigenvalue weighted by Crippen LogP contribution is -2.42. The molecule has 2 atom stereocenters. The first-order valence-corrected chi connectivity index (χ1v) is 5.74. The molecular weight excluding hydrogens is 206 g/mol. The summed E-state index contributed by atoms with van der Waals surface area (Å²) in [7, 11) is 6.01. The summed E-state index contributed by atoms with van der Waals surface area (Å²) in [5.41, 5.74) is 10.7. The van der Waals surface area contributed by atoms with Crippen LogP contribution in [0.4, 0.5) is 0 Å². The van der Waals surface area contributed by atoms with Crippen LogP contribution in [0.15, 0.2) is 0 Å². The summed E-state index contributed by atoms with van der Waals surface area (Å²) >= 11 is 0. The number of likely N-dealkylation sites (N-methyl/N-ethyl adjacent to an activating group) is 1. The first kappa shape index (κ1) is 15.3. The van der Waals surface area contributed by atoms with Gasteiger partial charge in [-0.2, -0.15) is 0 Å². The second kappa shape index (κ2) is 6.83. The number of nitrogens with zero attached hydrogens (tertiary/aromatic N) is 1. The lowest BCUT2D eigenvalue weighted by atomic mass is 9.95. The van der Waals surface area contributed by atoms with Gasteiger partial charge in [-0.1, -0.05) is 0 Å². The average Bonchev–Trinajstić information content (AvgIpc) is 2.08. The van der Waals surface area contributed by atoms with Gasteiger partial charge in [0.25, 0.3) is 0 Å². The van der Waals surface area contributed by atoms with E-state index in [9.17, 15) is 9.90 Å². The number of amides is 1. The zero-order chi connectivity index (χ0) is 12.8. The SMILES string of the molecule is C[N+](C)(C)CC(O)CC(CCCN)C(N)=O. The molecule has 0 aromatic carbocycles. The fraction of sp³-hybridized carbons (Fsp3) is 0.909. The molecule has 0 radical (unpaired) electrons. The van der Waals surface area contributed by atoms with Crippen LogP contribution in [0.25, 0.3) is 0 Å². The second-order valence-corrected chi connectivity index (χ2v) is 5.39. The molecule has 0 spiro atoms. The highest BCUT2D eigenvalue weighted by Gasteiger charge is 2.23. The van der Waals surface area contributed by atoms with Crippen LogP contribution in [0, 0.1) is 5.92 Å². The third-order valence-corrected chi connectivity index (χ3v) is 2.47. The maximum atomic E-state index is 11.2. The highest BCUT2D eigenvalue weighted by molar-refractivity contribution is 5.76. The monoisotopic (exact) mass is 232 g/mol. The zero-order valence-electron chi connectivity index (χ0n) is 10.6. The van der Waals surface area contributed by atoms with Crippen molar-refractivity contribution in [2.45, 2.75) is 25.4 Å². The van der Waals surface area contributed by atoms with Crippen LogP contribution >= 0.6 is 0 Å². The van der Waals surface area contributed by atoms with Crippen LogP contribution in [0.5, 0.6) is 0 Å². The first-order chi connectivity index (χ1) is 7.26. The van der Waals surface area contributed by atoms with Crippen LogP contribution in [0.1, 0.15) is 19.3 Å². The van der Waals surface area contributed by atoms with Crippen molar-refractivity contribution < 1.29 is 14.4 Å². The molecule has 0 aliphatic rings. The number of hydrogen-bond acceptors (Lipinski definition) is 3. The Hall–Kier alpha value is -0.650. The fourth-order valence-corrected chi connectivity index (χ4v) is 1.78. The van der Waals surface area contributed by atoms with Crippen molar-refractivity contribution in [3.05, 3.63) is 0 Å². The highest BCUT2D eigenvalue weighted by atomic mass is 16.3. The van der Waals surface area contributed by atoms with Gasteiger partial charge in [0, 0.05) is 5.92 Å². The molecule has 0 bridgehead atoms. The summed E-state index contributed by atoms with van der Waals surface area (Å²) in [6.45, 7) is 1.17. The minimum atomic E-state index is -0.490. The van der Waals surface area contributed by atoms with E-state index in [1.54, 1.807) is 0 Å². The van der Waals surface area contributed by atoms with E-state index < -0.39 is 6.10 Å². The van der Waals surface area contributed by atoms with E-state index in [-0.39, 0.29) is 11.8 Å². The molecule has 96 valence electrons. The van der Waals surface area contributed by atoms with Crippen LogP contribution in [0.2, 0.25) is 0 Å². The maximum absolute atomic E-state index is 11.2. The number of carbonyl (C=O) groups is 1. The molecule has 0 rings (SSSR count). The molecule has 0 aromatic rings. The van der Waals surface area contributed by atoms with Crippen LogP contribution in [-0.4, -0.2) is 55.8 Å². The van der Waals surface area contributed by atoms with E-state index in [1.165, 1.54) is 0 Å². The lowest BCUT2D eigenvalue weighted by Gasteiger charge is -2.28. The maximum Gasteiger partial charge on any atom is 0.220 e. The van der Waals surface area contributed by atoms with Crippen molar-refractivity contribution in [1.29, 1.82) is 0 Å². The Labute approximate surface area is 98.0 Å². The Morgan fingerprint density at radius 3 is 2.31 bits per heavy atom. The molecule has 0 heterocycles. The second-order valence-electron chi connectivity index (χ2n) is 5.39. The van der Waals surface area contributed by atoms with Crippen molar-refractivity contribution in [1.82, 2.24) is 0 Å². The topological polar surface area (TPSA) is 89.3 Å². The van der Waals surface area contributed by atoms with Crippen LogP contribution in [0.3, 0.4) is 0 Å². The summed E-state index contributed by atoms with van der Waals surface area (Å²) in [6.07, 6.45) is 1.38. The number of primary amides is 1. The quantitative estimate of drug-likeness (QED) is 0.483. The molecule has 2 unspecified atom stereocenters. The molecule has 0 aliphatic heterocycles. The van der Waals surface area contributed by atoms with Gasteiger partial charge in [-0.3, -0.25) is 4.79 Å². The Kier molecular flexibility index (Phi) is 6.55. The van der Waals surface area contributed by atoms with Gasteiger partial charge in [0.15, 0.2) is 0 Å². The van der Waals surface area contributed by atoms with Crippen molar-refractivity contribution in [3.8, 4) is 0 Å². The Balaban J connectivity index is 4.13. The number of quaternary nitrogens is 1. The van der Waals surface area contributed by atoms with E-state index in [1.807, 2.05) is 21.1 Å². The van der Waals surface area contributed by atoms with Crippen molar-refractivity contribution in [3.63, 3.8) is 0 Å². The molecular formula is C11H26N3O2+. The standard InChI is InChI=1S/C11H25N3O2/c1-14(2,3)8-10(15)7-9(11(13)16)5-4-6-12/h9-10,15H,4-8,12H2,1-3H3,(H-,13,16)/p+1. The molecule has 0 aliphatic carbocycles. The Bertz CT molecular complexity index is 214. The minimum Gasteiger partial charge on any atom is -0.387 e. The van der Waals surface area contributed by atoms with Crippen LogP contribution in [-0.2, 0) is 4.79 Å². The number of carbonyl (C=O) groups excluding carboxylic acids is 1. The molecule has 0 saturated carbocycles. The first-order valence-electron chi connectivity index (χ1n) is 5.74. The van der Waals surface area contributed by atoms with Crippen molar-refractivity contribution in [2.75, 3.05) is 34.2 Å². The summed E-state index contributed by atoms with van der Waals surface area (Å²) in [4.78, 5) is 11.2. The number of aliphatic hydroxyl groups is 1. The van der Waals surface area contributed by atoms with Gasteiger partial charge in [-0.25, -0.2) is 0 Å². The summed E-state index contributed by atoms with van der Waals surface area (Å²) in [6, 6.07) is 0. The summed E-state index contributed by atoms with van der Waals surface area (Å²) in [5, 5.41) is 9.85. The van der Waals surface area contributed by atoms with Gasteiger partial charge in [-0.15, -0.1) is 0 Å². The number of nitrogens with two attached hydrogens (primary N) is 2. The van der Waals surface area contributed by atoms with E-state index in [4.69, 9.17) is 11.5 Å². The molecule has 5 nitrogen and oxygen atoms in total. The van der Waals surface area contributed by atoms with E-state index >= 15 is 0 Å². The molecule has 0 fully saturated rings. The van der Waals surface area contributed by atoms with Gasteiger partial charge in [-0.05, 0) is 25.8 Å². The third-order valence-electron chi connectivity index (χ3n) is 2.47. The minimum absolute atomic E-state index is 0.259. The van der Waals surface area contributed by atoms with E-state index in [2.05, 4.69) is 0 Å². The molecule has 1 amide bonds. The Morgan fingerprint density at radius 2 is 1.94 bits per heavy atom. The highest BCUT2D eigenvalue weighted by Crippen LogP contribution is 2.14. The molecule has 16 heavy (non-hydrogen) atoms. The summed E-state index contributed by atoms with van der Waals surface area (Å²) < 4.78 is 0.670. The predicted octanol–water partition coefficient (Wildman–Crippen LogP) is -0.716. The largest absolute Gasteiger partial charge is 0.387 e. The average molecular weight is 232 g/mol. The van der Waals surface area contributed by atoms with Crippen molar-refractivity contribution >= 4 is 5.91 Å². The van der Waals surface area contributed by atoms with Crippen LogP contribution < -0.4 is 11.5 Å². The van der Waals surface area contributed by atoms with Gasteiger partial charge in [0.2, 0.25) is 5.91 Å². The van der Waals surface area contributed by atoms with Crippen molar-refractivity contribution in [2.24, 2.45) is 17.4 Å². The third kappa shape index (κ3) is 7.62. The van der Waals surface area contributed by atoms with Gasteiger partial charge in [0.1, 0.15) is 12.6 Å². The molecule has 0 aromatic heterocycles. The Morgan fingerprint density at radius 1 is 1.38 bits per heavy atom. The smallest absolute Gasteiger partial charge is 0.220 e. The molecule has 5 N–H and O–H groups in total. The fourth-order valence-electron chi connectivity index (χ4n) is 1.78. The van der Waals surface area contributed by atoms with Gasteiger partial charge < -0.3 is 21.1 Å². The summed E-state index contributed by atoms with van der Waals surface area (Å²) in [5.74, 6) is -0.598. The van der Waals surface area contributed by atoms with Gasteiger partial charge >= 0.3 is 0 Å². The molecule has 5 heteroatoms. The number of aliphatic hydroxyl groups excluding tert-OH is 1. The lowest BCUT2D eigenvalue weighted by molar-refractivity contribution is -0.873. The van der Waals surface area contributed by atoms with E-state index in [0.717, 1.165) is 6.42 Å². The van der Waals surface area contributed by atoms with E-state index in [0.29, 0.717) is 30.4 Å².